The van der Waals surface area contributed by atoms with Gasteiger partial charge in [0.15, 0.2) is 5.69 Å². The van der Waals surface area contributed by atoms with Crippen molar-refractivity contribution in [2.45, 2.75) is 19.8 Å². The topological polar surface area (TPSA) is 79.5 Å². The van der Waals surface area contributed by atoms with Gasteiger partial charge < -0.3 is 19.9 Å². The molecule has 1 unspecified atom stereocenters. The van der Waals surface area contributed by atoms with Crippen molar-refractivity contribution in [3.05, 3.63) is 6.33 Å². The van der Waals surface area contributed by atoms with E-state index >= 15 is 0 Å². The molecule has 100 valence electrons. The number of rotatable bonds is 6. The Morgan fingerprint density at radius 3 is 2.83 bits per heavy atom. The first-order chi connectivity index (χ1) is 8.81. The van der Waals surface area contributed by atoms with Crippen LogP contribution in [0.3, 0.4) is 0 Å². The number of nitrogens with two attached hydrogens (primary N) is 1. The van der Waals surface area contributed by atoms with Gasteiger partial charge in [0.1, 0.15) is 6.33 Å². The normalized spacial score (nSPS) is 18.8. The van der Waals surface area contributed by atoms with E-state index in [9.17, 15) is 0 Å². The first kappa shape index (κ1) is 12.9. The molecule has 0 amide bonds. The van der Waals surface area contributed by atoms with E-state index in [-0.39, 0.29) is 0 Å². The molecule has 0 radical (unpaired) electrons. The van der Waals surface area contributed by atoms with Crippen LogP contribution in [0.4, 0.5) is 5.69 Å². The Hall–Kier alpha value is -1.56. The smallest absolute Gasteiger partial charge is 0.244 e. The standard InChI is InChI=1S/C12H19N3O3/c1-2-4-17-11-10(13)12(15-8-14-11)18-7-9-3-5-16-6-9/h8-9H,2-7,13H2,1H3. The Labute approximate surface area is 106 Å². The summed E-state index contributed by atoms with van der Waals surface area (Å²) < 4.78 is 16.3. The van der Waals surface area contributed by atoms with Crippen molar-refractivity contribution in [1.29, 1.82) is 0 Å². The number of nitrogen functional groups attached to an aromatic ring is 1. The minimum absolute atomic E-state index is 0.366. The highest BCUT2D eigenvalue weighted by Gasteiger charge is 2.18. The summed E-state index contributed by atoms with van der Waals surface area (Å²) in [4.78, 5) is 8.02. The van der Waals surface area contributed by atoms with Crippen LogP contribution in [0.5, 0.6) is 11.8 Å². The first-order valence-corrected chi connectivity index (χ1v) is 6.25. The highest BCUT2D eigenvalue weighted by Crippen LogP contribution is 2.27. The summed E-state index contributed by atoms with van der Waals surface area (Å²) in [5.74, 6) is 1.20. The average Bonchev–Trinajstić information content (AvgIpc) is 2.89. The third-order valence-electron chi connectivity index (χ3n) is 2.73. The van der Waals surface area contributed by atoms with Crippen LogP contribution in [0.1, 0.15) is 19.8 Å². The number of ether oxygens (including phenoxy) is 3. The summed E-state index contributed by atoms with van der Waals surface area (Å²) in [6, 6.07) is 0. The molecule has 1 aromatic rings. The molecule has 2 N–H and O–H groups in total. The van der Waals surface area contributed by atoms with Crippen LogP contribution in [0.25, 0.3) is 0 Å². The summed E-state index contributed by atoms with van der Waals surface area (Å²) in [5.41, 5.74) is 6.27. The van der Waals surface area contributed by atoms with Crippen molar-refractivity contribution < 1.29 is 14.2 Å². The molecule has 6 heteroatoms. The summed E-state index contributed by atoms with van der Waals surface area (Å²) in [5, 5.41) is 0. The van der Waals surface area contributed by atoms with E-state index in [0.717, 1.165) is 26.1 Å². The molecule has 1 aliphatic rings. The molecule has 0 spiro atoms. The van der Waals surface area contributed by atoms with Crippen molar-refractivity contribution in [3.8, 4) is 11.8 Å². The van der Waals surface area contributed by atoms with Gasteiger partial charge in [-0.3, -0.25) is 0 Å². The van der Waals surface area contributed by atoms with Crippen LogP contribution in [-0.4, -0.2) is 36.4 Å². The number of hydrogen-bond acceptors (Lipinski definition) is 6. The van der Waals surface area contributed by atoms with Crippen molar-refractivity contribution in [1.82, 2.24) is 9.97 Å². The fourth-order valence-corrected chi connectivity index (χ4v) is 1.70. The van der Waals surface area contributed by atoms with E-state index in [1.807, 2.05) is 6.92 Å². The van der Waals surface area contributed by atoms with Gasteiger partial charge in [-0.05, 0) is 12.8 Å². The summed E-state index contributed by atoms with van der Waals surface area (Å²) in [6.45, 7) is 4.71. The number of anilines is 1. The van der Waals surface area contributed by atoms with E-state index in [4.69, 9.17) is 19.9 Å². The van der Waals surface area contributed by atoms with Gasteiger partial charge in [0.05, 0.1) is 19.8 Å². The third-order valence-corrected chi connectivity index (χ3v) is 2.73. The zero-order valence-electron chi connectivity index (χ0n) is 10.6. The van der Waals surface area contributed by atoms with Gasteiger partial charge in [-0.15, -0.1) is 0 Å². The number of aromatic nitrogens is 2. The highest BCUT2D eigenvalue weighted by atomic mass is 16.5. The van der Waals surface area contributed by atoms with Gasteiger partial charge >= 0.3 is 0 Å². The lowest BCUT2D eigenvalue weighted by Gasteiger charge is -2.12. The molecule has 0 aromatic carbocycles. The molecule has 2 heterocycles. The van der Waals surface area contributed by atoms with Crippen LogP contribution in [0, 0.1) is 5.92 Å². The minimum atomic E-state index is 0.366. The van der Waals surface area contributed by atoms with E-state index in [0.29, 0.717) is 36.6 Å². The molecular weight excluding hydrogens is 234 g/mol. The maximum Gasteiger partial charge on any atom is 0.244 e. The Kier molecular flexibility index (Phi) is 4.58. The molecular formula is C12H19N3O3. The SMILES string of the molecule is CCCOc1ncnc(OCC2CCOC2)c1N. The Morgan fingerprint density at radius 2 is 2.17 bits per heavy atom. The first-order valence-electron chi connectivity index (χ1n) is 6.25. The fourth-order valence-electron chi connectivity index (χ4n) is 1.70. The quantitative estimate of drug-likeness (QED) is 0.822. The maximum absolute atomic E-state index is 5.90. The van der Waals surface area contributed by atoms with E-state index < -0.39 is 0 Å². The minimum Gasteiger partial charge on any atom is -0.476 e. The highest BCUT2D eigenvalue weighted by molar-refractivity contribution is 5.55. The zero-order valence-corrected chi connectivity index (χ0v) is 10.6. The predicted octanol–water partition coefficient (Wildman–Crippen LogP) is 1.26. The van der Waals surface area contributed by atoms with Gasteiger partial charge in [0.25, 0.3) is 0 Å². The lowest BCUT2D eigenvalue weighted by Crippen LogP contribution is -2.14. The van der Waals surface area contributed by atoms with E-state index in [1.54, 1.807) is 0 Å². The molecule has 2 rings (SSSR count). The average molecular weight is 253 g/mol. The Morgan fingerprint density at radius 1 is 1.39 bits per heavy atom. The van der Waals surface area contributed by atoms with Gasteiger partial charge in [-0.25, -0.2) is 0 Å². The molecule has 1 atom stereocenters. The molecule has 18 heavy (non-hydrogen) atoms. The second-order valence-electron chi connectivity index (χ2n) is 4.29. The van der Waals surface area contributed by atoms with Crippen LogP contribution >= 0.6 is 0 Å². The summed E-state index contributed by atoms with van der Waals surface area (Å²) in [7, 11) is 0. The fraction of sp³-hybridized carbons (Fsp3) is 0.667. The maximum atomic E-state index is 5.90. The van der Waals surface area contributed by atoms with Crippen molar-refractivity contribution in [2.75, 3.05) is 32.2 Å². The molecule has 1 saturated heterocycles. The summed E-state index contributed by atoms with van der Waals surface area (Å²) >= 11 is 0. The van der Waals surface area contributed by atoms with Crippen LogP contribution in [-0.2, 0) is 4.74 Å². The van der Waals surface area contributed by atoms with Crippen molar-refractivity contribution in [3.63, 3.8) is 0 Å². The van der Waals surface area contributed by atoms with Crippen LogP contribution < -0.4 is 15.2 Å². The van der Waals surface area contributed by atoms with Gasteiger partial charge in [-0.1, -0.05) is 6.92 Å². The molecule has 0 aliphatic carbocycles. The Bertz CT molecular complexity index is 381. The lowest BCUT2D eigenvalue weighted by atomic mass is 10.1. The van der Waals surface area contributed by atoms with Gasteiger partial charge in [-0.2, -0.15) is 9.97 Å². The monoisotopic (exact) mass is 253 g/mol. The predicted molar refractivity (Wildman–Crippen MR) is 66.7 cm³/mol. The van der Waals surface area contributed by atoms with Crippen molar-refractivity contribution in [2.24, 2.45) is 5.92 Å². The molecule has 6 nitrogen and oxygen atoms in total. The Balaban J connectivity index is 1.94. The molecule has 1 fully saturated rings. The molecule has 0 bridgehead atoms. The van der Waals surface area contributed by atoms with Crippen LogP contribution in [0.15, 0.2) is 6.33 Å². The van der Waals surface area contributed by atoms with Crippen molar-refractivity contribution >= 4 is 5.69 Å². The van der Waals surface area contributed by atoms with Crippen LogP contribution in [0.2, 0.25) is 0 Å². The second kappa shape index (κ2) is 6.39. The lowest BCUT2D eigenvalue weighted by molar-refractivity contribution is 0.165. The van der Waals surface area contributed by atoms with E-state index in [1.165, 1.54) is 6.33 Å². The summed E-state index contributed by atoms with van der Waals surface area (Å²) in [6.07, 6.45) is 3.32. The number of hydrogen-bond donors (Lipinski definition) is 1. The van der Waals surface area contributed by atoms with E-state index in [2.05, 4.69) is 9.97 Å². The van der Waals surface area contributed by atoms with Gasteiger partial charge in [0.2, 0.25) is 11.8 Å². The second-order valence-corrected chi connectivity index (χ2v) is 4.29. The molecule has 0 saturated carbocycles. The molecule has 1 aromatic heterocycles. The third kappa shape index (κ3) is 3.22. The van der Waals surface area contributed by atoms with Gasteiger partial charge in [0, 0.05) is 12.5 Å². The zero-order chi connectivity index (χ0) is 12.8. The largest absolute Gasteiger partial charge is 0.476 e. The number of nitrogens with zero attached hydrogens (tertiary/aromatic N) is 2. The molecule has 1 aliphatic heterocycles.